The molecule has 5 atom stereocenters. The molecule has 9 nitrogen and oxygen atoms in total. The standard InChI is InChI=1S/C40H48ClN3O6Si/c1-26-38(51(2,3)49)35(22-37(47)43-24-29-11-8-7-10-28(29)20-32(43)25-45)50-40(26)33-21-30(41)15-18-34(33)44(39(40)48)23-27-13-16-31(17-14-27)42-19-9-5-4-6-12-36(42)46/h7-8,10-11,13-18,21,26,32,35,38,45,49H,4-6,9,12,19-20,22-25H2,1-3H3/t26-,32-,35+,38-,40+/m0/s1. The van der Waals surface area contributed by atoms with E-state index < -0.39 is 31.5 Å². The van der Waals surface area contributed by atoms with Crippen molar-refractivity contribution in [3.63, 3.8) is 0 Å². The molecule has 2 N–H and O–H groups in total. The molecule has 0 aliphatic carbocycles. The summed E-state index contributed by atoms with van der Waals surface area (Å²) in [5, 5.41) is 10.8. The number of fused-ring (bicyclic) bond motifs is 3. The van der Waals surface area contributed by atoms with Gasteiger partial charge in [0.15, 0.2) is 13.9 Å². The zero-order chi connectivity index (χ0) is 36.1. The average molecular weight is 730 g/mol. The van der Waals surface area contributed by atoms with Crippen LogP contribution in [0.5, 0.6) is 0 Å². The average Bonchev–Trinajstić information content (AvgIpc) is 3.52. The normalized spacial score (nSPS) is 26.7. The highest BCUT2D eigenvalue weighted by molar-refractivity contribution is 6.71. The van der Waals surface area contributed by atoms with Crippen LogP contribution in [0.15, 0.2) is 66.7 Å². The van der Waals surface area contributed by atoms with E-state index in [1.165, 1.54) is 0 Å². The van der Waals surface area contributed by atoms with Crippen LogP contribution in [0.4, 0.5) is 11.4 Å². The van der Waals surface area contributed by atoms with E-state index >= 15 is 0 Å². The minimum atomic E-state index is -3.02. The number of aliphatic hydroxyl groups is 1. The lowest BCUT2D eigenvalue weighted by Crippen LogP contribution is -2.48. The van der Waals surface area contributed by atoms with Gasteiger partial charge in [0, 0.05) is 47.2 Å². The van der Waals surface area contributed by atoms with Crippen LogP contribution in [0.25, 0.3) is 0 Å². The van der Waals surface area contributed by atoms with Gasteiger partial charge in [0.1, 0.15) is 0 Å². The second kappa shape index (κ2) is 14.1. The summed E-state index contributed by atoms with van der Waals surface area (Å²) in [5.74, 6) is -0.720. The molecule has 0 radical (unpaired) electrons. The lowest BCUT2D eigenvalue weighted by molar-refractivity contribution is -0.151. The van der Waals surface area contributed by atoms with Crippen molar-refractivity contribution in [2.75, 3.05) is 23.0 Å². The molecule has 2 saturated heterocycles. The van der Waals surface area contributed by atoms with E-state index in [4.69, 9.17) is 16.3 Å². The molecule has 3 aromatic rings. The van der Waals surface area contributed by atoms with Gasteiger partial charge >= 0.3 is 0 Å². The Bertz CT molecular complexity index is 1810. The molecular formula is C40H48ClN3O6Si. The van der Waals surface area contributed by atoms with Gasteiger partial charge in [0.2, 0.25) is 11.8 Å². The Hall–Kier alpha value is -3.54. The van der Waals surface area contributed by atoms with Gasteiger partial charge in [0.05, 0.1) is 37.4 Å². The van der Waals surface area contributed by atoms with Gasteiger partial charge in [-0.25, -0.2) is 0 Å². The Balaban J connectivity index is 1.17. The predicted molar refractivity (Wildman–Crippen MR) is 200 cm³/mol. The smallest absolute Gasteiger partial charge is 0.264 e. The van der Waals surface area contributed by atoms with Crippen molar-refractivity contribution < 1.29 is 29.0 Å². The fourth-order valence-electron chi connectivity index (χ4n) is 9.13. The number of benzene rings is 3. The molecular weight excluding hydrogens is 682 g/mol. The number of anilines is 2. The number of ether oxygens (including phenoxy) is 1. The van der Waals surface area contributed by atoms with Crippen molar-refractivity contribution in [2.45, 2.75) is 101 Å². The summed E-state index contributed by atoms with van der Waals surface area (Å²) in [5.41, 5.74) is 3.40. The first-order chi connectivity index (χ1) is 24.4. The Morgan fingerprint density at radius 2 is 1.73 bits per heavy atom. The summed E-state index contributed by atoms with van der Waals surface area (Å²) < 4.78 is 6.93. The van der Waals surface area contributed by atoms with E-state index in [-0.39, 0.29) is 43.3 Å². The molecule has 1 spiro atoms. The molecule has 0 bridgehead atoms. The molecule has 270 valence electrons. The van der Waals surface area contributed by atoms with E-state index in [2.05, 4.69) is 0 Å². The molecule has 0 saturated carbocycles. The number of rotatable bonds is 7. The van der Waals surface area contributed by atoms with Crippen molar-refractivity contribution in [1.29, 1.82) is 0 Å². The van der Waals surface area contributed by atoms with Crippen LogP contribution in [0, 0.1) is 5.92 Å². The molecule has 11 heteroatoms. The van der Waals surface area contributed by atoms with Crippen LogP contribution in [0.1, 0.15) is 67.7 Å². The SMILES string of the molecule is C[C@H]1[C@H]([Si](C)(C)O)[C@@H](CC(=O)N2Cc3ccccc3C[C@H]2CO)O[C@]12C(=O)N(Cc1ccc(N3CCCCCCC3=O)cc1)c1ccc(Cl)cc12. The third-order valence-electron chi connectivity index (χ3n) is 11.6. The zero-order valence-electron chi connectivity index (χ0n) is 29.7. The Morgan fingerprint density at radius 1 is 1.00 bits per heavy atom. The summed E-state index contributed by atoms with van der Waals surface area (Å²) in [6, 6.07) is 20.9. The van der Waals surface area contributed by atoms with Gasteiger partial charge in [-0.15, -0.1) is 0 Å². The number of hydrogen-bond acceptors (Lipinski definition) is 6. The van der Waals surface area contributed by atoms with Crippen LogP contribution in [-0.2, 0) is 44.2 Å². The number of aliphatic hydroxyl groups excluding tert-OH is 1. The Morgan fingerprint density at radius 3 is 2.45 bits per heavy atom. The number of hydrogen-bond donors (Lipinski definition) is 2. The minimum absolute atomic E-state index is 0.0216. The largest absolute Gasteiger partial charge is 0.432 e. The van der Waals surface area contributed by atoms with Crippen molar-refractivity contribution in [2.24, 2.45) is 5.92 Å². The first kappa shape index (κ1) is 35.8. The molecule has 0 aromatic heterocycles. The van der Waals surface area contributed by atoms with Crippen LogP contribution >= 0.6 is 11.6 Å². The fraction of sp³-hybridized carbons (Fsp3) is 0.475. The van der Waals surface area contributed by atoms with Crippen LogP contribution in [0.2, 0.25) is 23.7 Å². The van der Waals surface area contributed by atoms with Crippen molar-refractivity contribution >= 4 is 49.0 Å². The number of carbonyl (C=O) groups is 3. The van der Waals surface area contributed by atoms with Gasteiger partial charge < -0.3 is 29.3 Å². The van der Waals surface area contributed by atoms with Gasteiger partial charge in [-0.3, -0.25) is 14.4 Å². The van der Waals surface area contributed by atoms with Gasteiger partial charge in [-0.1, -0.05) is 67.8 Å². The third-order valence-corrected chi connectivity index (χ3v) is 14.4. The maximum absolute atomic E-state index is 14.9. The summed E-state index contributed by atoms with van der Waals surface area (Å²) in [6.07, 6.45) is 4.47. The number of halogens is 1. The van der Waals surface area contributed by atoms with E-state index in [9.17, 15) is 24.3 Å². The maximum atomic E-state index is 14.9. The van der Waals surface area contributed by atoms with E-state index in [1.54, 1.807) is 21.9 Å². The predicted octanol–water partition coefficient (Wildman–Crippen LogP) is 6.32. The first-order valence-corrected chi connectivity index (χ1v) is 21.7. The van der Waals surface area contributed by atoms with Crippen molar-refractivity contribution in [3.05, 3.63) is 94.0 Å². The quantitative estimate of drug-likeness (QED) is 0.276. The highest BCUT2D eigenvalue weighted by Gasteiger charge is 2.66. The summed E-state index contributed by atoms with van der Waals surface area (Å²) >= 11 is 6.59. The molecule has 7 rings (SSSR count). The lowest BCUT2D eigenvalue weighted by Gasteiger charge is -2.37. The fourth-order valence-corrected chi connectivity index (χ4v) is 11.9. The zero-order valence-corrected chi connectivity index (χ0v) is 31.4. The summed E-state index contributed by atoms with van der Waals surface area (Å²) in [7, 11) is -3.02. The number of amides is 3. The van der Waals surface area contributed by atoms with Crippen LogP contribution < -0.4 is 9.80 Å². The number of nitrogens with zero attached hydrogens (tertiary/aromatic N) is 3. The Kier molecular flexibility index (Phi) is 9.92. The monoisotopic (exact) mass is 729 g/mol. The van der Waals surface area contributed by atoms with Gasteiger partial charge in [-0.2, -0.15) is 0 Å². The molecule has 51 heavy (non-hydrogen) atoms. The number of carbonyl (C=O) groups excluding carboxylic acids is 3. The van der Waals surface area contributed by atoms with Crippen molar-refractivity contribution in [3.8, 4) is 0 Å². The molecule has 4 aliphatic rings. The molecule has 4 heterocycles. The molecule has 3 aromatic carbocycles. The topological polar surface area (TPSA) is 111 Å². The van der Waals surface area contributed by atoms with Crippen molar-refractivity contribution in [1.82, 2.24) is 4.90 Å². The first-order valence-electron chi connectivity index (χ1n) is 18.3. The van der Waals surface area contributed by atoms with E-state index in [0.29, 0.717) is 42.2 Å². The molecule has 0 unspecified atom stereocenters. The second-order valence-electron chi connectivity index (χ2n) is 15.3. The van der Waals surface area contributed by atoms with E-state index in [1.807, 2.05) is 79.5 Å². The highest BCUT2D eigenvalue weighted by atomic mass is 35.5. The van der Waals surface area contributed by atoms with Gasteiger partial charge in [-0.05, 0) is 79.4 Å². The highest BCUT2D eigenvalue weighted by Crippen LogP contribution is 2.60. The Labute approximate surface area is 306 Å². The summed E-state index contributed by atoms with van der Waals surface area (Å²) in [6.45, 7) is 6.84. The molecule has 3 amide bonds. The van der Waals surface area contributed by atoms with Gasteiger partial charge in [0.25, 0.3) is 5.91 Å². The maximum Gasteiger partial charge on any atom is 0.264 e. The minimum Gasteiger partial charge on any atom is -0.432 e. The van der Waals surface area contributed by atoms with Crippen LogP contribution in [0.3, 0.4) is 0 Å². The third kappa shape index (κ3) is 6.54. The lowest BCUT2D eigenvalue weighted by atomic mass is 9.82. The molecule has 2 fully saturated rings. The molecule has 4 aliphatic heterocycles. The van der Waals surface area contributed by atoms with E-state index in [0.717, 1.165) is 48.1 Å². The summed E-state index contributed by atoms with van der Waals surface area (Å²) in [4.78, 5) is 59.0. The van der Waals surface area contributed by atoms with Crippen LogP contribution in [-0.4, -0.2) is 66.1 Å². The second-order valence-corrected chi connectivity index (χ2v) is 19.7.